The smallest absolute Gasteiger partial charge is 0.246 e. The molecule has 0 aromatic carbocycles. The van der Waals surface area contributed by atoms with Gasteiger partial charge in [-0.15, -0.1) is 0 Å². The quantitative estimate of drug-likeness (QED) is 0.757. The SMILES string of the molecule is CC=CC(=O)N1CCCCC1CCNS(C)(=O)=O. The summed E-state index contributed by atoms with van der Waals surface area (Å²) in [6, 6.07) is 0.150. The summed E-state index contributed by atoms with van der Waals surface area (Å²) in [5.41, 5.74) is 0. The monoisotopic (exact) mass is 274 g/mol. The van der Waals surface area contributed by atoms with Crippen LogP contribution < -0.4 is 4.72 Å². The molecule has 1 heterocycles. The lowest BCUT2D eigenvalue weighted by atomic mass is 9.99. The van der Waals surface area contributed by atoms with Gasteiger partial charge in [-0.25, -0.2) is 13.1 Å². The van der Waals surface area contributed by atoms with E-state index in [0.717, 1.165) is 32.1 Å². The highest BCUT2D eigenvalue weighted by molar-refractivity contribution is 7.88. The molecule has 1 aliphatic heterocycles. The van der Waals surface area contributed by atoms with Crippen LogP contribution in [0, 0.1) is 0 Å². The fourth-order valence-corrected chi connectivity index (χ4v) is 2.73. The molecule has 1 N–H and O–H groups in total. The first kappa shape index (κ1) is 15.2. The number of rotatable bonds is 5. The van der Waals surface area contributed by atoms with Crippen LogP contribution in [0.25, 0.3) is 0 Å². The summed E-state index contributed by atoms with van der Waals surface area (Å²) in [6.45, 7) is 2.98. The summed E-state index contributed by atoms with van der Waals surface area (Å²) in [7, 11) is -3.14. The molecule has 5 nitrogen and oxygen atoms in total. The van der Waals surface area contributed by atoms with Gasteiger partial charge < -0.3 is 4.90 Å². The predicted octanol–water partition coefficient (Wildman–Crippen LogP) is 0.883. The van der Waals surface area contributed by atoms with Gasteiger partial charge >= 0.3 is 0 Å². The number of allylic oxidation sites excluding steroid dienone is 1. The lowest BCUT2D eigenvalue weighted by Crippen LogP contribution is -2.44. The summed E-state index contributed by atoms with van der Waals surface area (Å²) in [5.74, 6) is 0.0292. The van der Waals surface area contributed by atoms with Gasteiger partial charge in [0.15, 0.2) is 0 Å². The lowest BCUT2D eigenvalue weighted by Gasteiger charge is -2.35. The number of carbonyl (C=O) groups is 1. The highest BCUT2D eigenvalue weighted by Crippen LogP contribution is 2.19. The average Bonchev–Trinajstić information content (AvgIpc) is 2.28. The maximum atomic E-state index is 11.9. The number of amides is 1. The van der Waals surface area contributed by atoms with Crippen molar-refractivity contribution >= 4 is 15.9 Å². The van der Waals surface area contributed by atoms with Crippen molar-refractivity contribution in [3.8, 4) is 0 Å². The van der Waals surface area contributed by atoms with Crippen LogP contribution in [0.15, 0.2) is 12.2 Å². The minimum absolute atomic E-state index is 0.0292. The molecule has 0 aromatic heterocycles. The van der Waals surface area contributed by atoms with Crippen LogP contribution in [0.5, 0.6) is 0 Å². The van der Waals surface area contributed by atoms with Gasteiger partial charge in [0.05, 0.1) is 6.26 Å². The third-order valence-electron chi connectivity index (χ3n) is 3.06. The van der Waals surface area contributed by atoms with Gasteiger partial charge in [-0.2, -0.15) is 0 Å². The number of nitrogens with one attached hydrogen (secondary N) is 1. The molecule has 0 saturated carbocycles. The van der Waals surface area contributed by atoms with Crippen molar-refractivity contribution in [2.75, 3.05) is 19.3 Å². The van der Waals surface area contributed by atoms with Crippen molar-refractivity contribution in [3.63, 3.8) is 0 Å². The Morgan fingerprint density at radius 3 is 2.78 bits per heavy atom. The van der Waals surface area contributed by atoms with E-state index in [1.165, 1.54) is 0 Å². The third-order valence-corrected chi connectivity index (χ3v) is 3.79. The highest BCUT2D eigenvalue weighted by Gasteiger charge is 2.24. The zero-order chi connectivity index (χ0) is 13.6. The van der Waals surface area contributed by atoms with Gasteiger partial charge in [-0.3, -0.25) is 4.79 Å². The van der Waals surface area contributed by atoms with Gasteiger partial charge in [0.25, 0.3) is 0 Å². The van der Waals surface area contributed by atoms with Gasteiger partial charge in [-0.1, -0.05) is 6.08 Å². The zero-order valence-electron chi connectivity index (χ0n) is 11.1. The molecule has 1 unspecified atom stereocenters. The Bertz CT molecular complexity index is 404. The number of carbonyl (C=O) groups excluding carboxylic acids is 1. The minimum atomic E-state index is -3.14. The minimum Gasteiger partial charge on any atom is -0.336 e. The Morgan fingerprint density at radius 2 is 2.17 bits per heavy atom. The topological polar surface area (TPSA) is 66.5 Å². The van der Waals surface area contributed by atoms with E-state index < -0.39 is 10.0 Å². The van der Waals surface area contributed by atoms with E-state index >= 15 is 0 Å². The number of nitrogens with zero attached hydrogens (tertiary/aromatic N) is 1. The normalized spacial score (nSPS) is 21.4. The van der Waals surface area contributed by atoms with Gasteiger partial charge in [0, 0.05) is 19.1 Å². The molecule has 18 heavy (non-hydrogen) atoms. The molecule has 0 spiro atoms. The molecule has 1 fully saturated rings. The first-order valence-electron chi connectivity index (χ1n) is 6.32. The summed E-state index contributed by atoms with van der Waals surface area (Å²) >= 11 is 0. The van der Waals surface area contributed by atoms with Crippen molar-refractivity contribution in [2.45, 2.75) is 38.6 Å². The van der Waals surface area contributed by atoms with Crippen molar-refractivity contribution in [1.82, 2.24) is 9.62 Å². The van der Waals surface area contributed by atoms with E-state index in [2.05, 4.69) is 4.72 Å². The van der Waals surface area contributed by atoms with Crippen molar-refractivity contribution in [1.29, 1.82) is 0 Å². The third kappa shape index (κ3) is 5.18. The molecule has 6 heteroatoms. The summed E-state index contributed by atoms with van der Waals surface area (Å²) in [4.78, 5) is 13.7. The summed E-state index contributed by atoms with van der Waals surface area (Å²) in [5, 5.41) is 0. The van der Waals surface area contributed by atoms with E-state index in [1.807, 2.05) is 11.8 Å². The maximum absolute atomic E-state index is 11.9. The van der Waals surface area contributed by atoms with Gasteiger partial charge in [0.1, 0.15) is 0 Å². The molecule has 0 bridgehead atoms. The second-order valence-electron chi connectivity index (χ2n) is 4.64. The fourth-order valence-electron chi connectivity index (χ4n) is 2.24. The van der Waals surface area contributed by atoms with E-state index in [9.17, 15) is 13.2 Å². The van der Waals surface area contributed by atoms with Gasteiger partial charge in [-0.05, 0) is 38.7 Å². The largest absolute Gasteiger partial charge is 0.336 e. The standard InChI is InChI=1S/C12H22N2O3S/c1-3-6-12(15)14-10-5-4-7-11(14)8-9-13-18(2,16)17/h3,6,11,13H,4-5,7-10H2,1-2H3. The van der Waals surface area contributed by atoms with Crippen molar-refractivity contribution in [2.24, 2.45) is 0 Å². The van der Waals surface area contributed by atoms with Crippen molar-refractivity contribution in [3.05, 3.63) is 12.2 Å². The van der Waals surface area contributed by atoms with Gasteiger partial charge in [0.2, 0.25) is 15.9 Å². The van der Waals surface area contributed by atoms with E-state index in [1.54, 1.807) is 12.2 Å². The molecule has 0 aliphatic carbocycles. The fraction of sp³-hybridized carbons (Fsp3) is 0.750. The average molecular weight is 274 g/mol. The Labute approximate surface area is 109 Å². The summed E-state index contributed by atoms with van der Waals surface area (Å²) < 4.78 is 24.5. The molecule has 0 radical (unpaired) electrons. The number of hydrogen-bond acceptors (Lipinski definition) is 3. The number of likely N-dealkylation sites (tertiary alicyclic amines) is 1. The second-order valence-corrected chi connectivity index (χ2v) is 6.47. The first-order valence-corrected chi connectivity index (χ1v) is 8.21. The Hall–Kier alpha value is -0.880. The Balaban J connectivity index is 2.52. The molecule has 0 aromatic rings. The van der Waals surface area contributed by atoms with Crippen molar-refractivity contribution < 1.29 is 13.2 Å². The maximum Gasteiger partial charge on any atom is 0.246 e. The van der Waals surface area contributed by atoms with E-state index in [4.69, 9.17) is 0 Å². The van der Waals surface area contributed by atoms with Crippen LogP contribution in [-0.4, -0.2) is 44.6 Å². The van der Waals surface area contributed by atoms with Crippen LogP contribution in [0.4, 0.5) is 0 Å². The number of hydrogen-bond donors (Lipinski definition) is 1. The molecule has 1 atom stereocenters. The molecular weight excluding hydrogens is 252 g/mol. The molecule has 104 valence electrons. The second kappa shape index (κ2) is 6.89. The van der Waals surface area contributed by atoms with Crippen LogP contribution in [0.3, 0.4) is 0 Å². The van der Waals surface area contributed by atoms with Crippen LogP contribution in [0.2, 0.25) is 0 Å². The Morgan fingerprint density at radius 1 is 1.44 bits per heavy atom. The Kier molecular flexibility index (Phi) is 5.81. The number of piperidine rings is 1. The predicted molar refractivity (Wildman–Crippen MR) is 71.6 cm³/mol. The van der Waals surface area contributed by atoms with Crippen LogP contribution in [-0.2, 0) is 14.8 Å². The molecule has 1 amide bonds. The first-order chi connectivity index (χ1) is 8.44. The zero-order valence-corrected chi connectivity index (χ0v) is 11.9. The summed E-state index contributed by atoms with van der Waals surface area (Å²) in [6.07, 6.45) is 8.22. The van der Waals surface area contributed by atoms with E-state index in [0.29, 0.717) is 13.0 Å². The van der Waals surface area contributed by atoms with Crippen LogP contribution in [0.1, 0.15) is 32.6 Å². The number of sulfonamides is 1. The lowest BCUT2D eigenvalue weighted by molar-refractivity contribution is -0.129. The highest BCUT2D eigenvalue weighted by atomic mass is 32.2. The molecule has 1 rings (SSSR count). The van der Waals surface area contributed by atoms with E-state index in [-0.39, 0.29) is 11.9 Å². The molecule has 1 aliphatic rings. The molecule has 1 saturated heterocycles. The molecular formula is C12H22N2O3S. The van der Waals surface area contributed by atoms with Crippen LogP contribution >= 0.6 is 0 Å².